The second-order valence-electron chi connectivity index (χ2n) is 3.26. The fourth-order valence-corrected chi connectivity index (χ4v) is 1.38. The molecule has 62 valence electrons. The van der Waals surface area contributed by atoms with Gasteiger partial charge in [-0.15, -0.1) is 0 Å². The van der Waals surface area contributed by atoms with Gasteiger partial charge in [-0.3, -0.25) is 4.79 Å². The van der Waals surface area contributed by atoms with E-state index in [-0.39, 0.29) is 11.8 Å². The first-order chi connectivity index (χ1) is 4.96. The van der Waals surface area contributed by atoms with E-state index in [4.69, 9.17) is 0 Å². The van der Waals surface area contributed by atoms with E-state index in [0.717, 1.165) is 5.57 Å². The van der Waals surface area contributed by atoms with Crippen LogP contribution in [0.3, 0.4) is 0 Å². The molecule has 0 spiro atoms. The van der Waals surface area contributed by atoms with E-state index >= 15 is 0 Å². The van der Waals surface area contributed by atoms with Crippen LogP contribution < -0.4 is 5.32 Å². The standard InChI is InChI=1S/C8H13NO2/c1-5(2)6-4-9-7(10)8(6,3)11/h6,11H,1,4H2,2-3H3,(H,9,10). The van der Waals surface area contributed by atoms with Crippen LogP contribution in [0.4, 0.5) is 0 Å². The molecule has 2 unspecified atom stereocenters. The first-order valence-corrected chi connectivity index (χ1v) is 3.62. The minimum absolute atomic E-state index is 0.144. The van der Waals surface area contributed by atoms with Crippen LogP contribution >= 0.6 is 0 Å². The molecular formula is C8H13NO2. The van der Waals surface area contributed by atoms with Gasteiger partial charge in [-0.25, -0.2) is 0 Å². The largest absolute Gasteiger partial charge is 0.380 e. The highest BCUT2D eigenvalue weighted by Gasteiger charge is 2.44. The normalized spacial score (nSPS) is 37.0. The van der Waals surface area contributed by atoms with Crippen molar-refractivity contribution in [1.29, 1.82) is 0 Å². The van der Waals surface area contributed by atoms with Crippen molar-refractivity contribution in [1.82, 2.24) is 5.32 Å². The molecule has 1 aliphatic heterocycles. The molecule has 1 heterocycles. The highest BCUT2D eigenvalue weighted by Crippen LogP contribution is 2.27. The Kier molecular flexibility index (Phi) is 1.76. The van der Waals surface area contributed by atoms with Crippen LogP contribution in [-0.2, 0) is 4.79 Å². The van der Waals surface area contributed by atoms with Crippen LogP contribution in [0.1, 0.15) is 13.8 Å². The summed E-state index contributed by atoms with van der Waals surface area (Å²) in [6, 6.07) is 0. The maximum atomic E-state index is 11.0. The lowest BCUT2D eigenvalue weighted by atomic mass is 9.87. The monoisotopic (exact) mass is 155 g/mol. The fraction of sp³-hybridized carbons (Fsp3) is 0.625. The predicted molar refractivity (Wildman–Crippen MR) is 41.9 cm³/mol. The molecule has 0 aromatic rings. The highest BCUT2D eigenvalue weighted by atomic mass is 16.3. The van der Waals surface area contributed by atoms with Crippen LogP contribution in [0.25, 0.3) is 0 Å². The summed E-state index contributed by atoms with van der Waals surface area (Å²) in [4.78, 5) is 11.0. The summed E-state index contributed by atoms with van der Waals surface area (Å²) < 4.78 is 0. The molecule has 0 aliphatic carbocycles. The summed E-state index contributed by atoms with van der Waals surface area (Å²) in [6.45, 7) is 7.56. The summed E-state index contributed by atoms with van der Waals surface area (Å²) in [5.74, 6) is -0.444. The van der Waals surface area contributed by atoms with Gasteiger partial charge in [0.05, 0.1) is 0 Å². The molecule has 1 amide bonds. The van der Waals surface area contributed by atoms with Crippen LogP contribution in [-0.4, -0.2) is 23.2 Å². The topological polar surface area (TPSA) is 49.3 Å². The molecule has 0 aromatic carbocycles. The number of hydrogen-bond donors (Lipinski definition) is 2. The SMILES string of the molecule is C=C(C)C1CNC(=O)C1(C)O. The van der Waals surface area contributed by atoms with Gasteiger partial charge in [0.15, 0.2) is 0 Å². The molecule has 0 aromatic heterocycles. The molecule has 0 saturated carbocycles. The van der Waals surface area contributed by atoms with E-state index in [2.05, 4.69) is 11.9 Å². The van der Waals surface area contributed by atoms with Gasteiger partial charge in [0.25, 0.3) is 5.91 Å². The van der Waals surface area contributed by atoms with Gasteiger partial charge >= 0.3 is 0 Å². The molecule has 2 atom stereocenters. The van der Waals surface area contributed by atoms with E-state index in [9.17, 15) is 9.90 Å². The van der Waals surface area contributed by atoms with Crippen LogP contribution in [0.15, 0.2) is 12.2 Å². The second kappa shape index (κ2) is 2.34. The minimum atomic E-state index is -1.26. The lowest BCUT2D eigenvalue weighted by molar-refractivity contribution is -0.135. The van der Waals surface area contributed by atoms with Gasteiger partial charge in [-0.2, -0.15) is 0 Å². The molecule has 1 saturated heterocycles. The maximum absolute atomic E-state index is 11.0. The quantitative estimate of drug-likeness (QED) is 0.526. The molecule has 2 N–H and O–H groups in total. The Labute approximate surface area is 66.1 Å². The number of nitrogens with one attached hydrogen (secondary N) is 1. The first-order valence-electron chi connectivity index (χ1n) is 3.62. The summed E-state index contributed by atoms with van der Waals surface area (Å²) in [6.07, 6.45) is 0. The van der Waals surface area contributed by atoms with Crippen LogP contribution in [0, 0.1) is 5.92 Å². The van der Waals surface area contributed by atoms with Crippen molar-refractivity contribution in [2.75, 3.05) is 6.54 Å². The zero-order chi connectivity index (χ0) is 8.65. The summed E-state index contributed by atoms with van der Waals surface area (Å²) >= 11 is 0. The number of hydrogen-bond acceptors (Lipinski definition) is 2. The Morgan fingerprint density at radius 1 is 1.91 bits per heavy atom. The molecule has 3 nitrogen and oxygen atoms in total. The van der Waals surface area contributed by atoms with Crippen molar-refractivity contribution >= 4 is 5.91 Å². The summed E-state index contributed by atoms with van der Waals surface area (Å²) in [5.41, 5.74) is -0.417. The lowest BCUT2D eigenvalue weighted by Gasteiger charge is -2.21. The van der Waals surface area contributed by atoms with E-state index in [1.165, 1.54) is 6.92 Å². The van der Waals surface area contributed by atoms with Gasteiger partial charge in [-0.1, -0.05) is 12.2 Å². The molecule has 1 rings (SSSR count). The minimum Gasteiger partial charge on any atom is -0.380 e. The Hall–Kier alpha value is -0.830. The Bertz CT molecular complexity index is 208. The molecule has 1 fully saturated rings. The van der Waals surface area contributed by atoms with Gasteiger partial charge in [0.1, 0.15) is 5.60 Å². The van der Waals surface area contributed by atoms with Gasteiger partial charge in [0, 0.05) is 12.5 Å². The van der Waals surface area contributed by atoms with E-state index in [1.807, 2.05) is 6.92 Å². The molecule has 11 heavy (non-hydrogen) atoms. The smallest absolute Gasteiger partial charge is 0.252 e. The van der Waals surface area contributed by atoms with Crippen molar-refractivity contribution in [3.63, 3.8) is 0 Å². The lowest BCUT2D eigenvalue weighted by Crippen LogP contribution is -2.39. The number of amides is 1. The third-order valence-corrected chi connectivity index (χ3v) is 2.20. The highest BCUT2D eigenvalue weighted by molar-refractivity contribution is 5.87. The summed E-state index contributed by atoms with van der Waals surface area (Å²) in [5, 5.41) is 12.2. The molecule has 3 heteroatoms. The Morgan fingerprint density at radius 2 is 2.45 bits per heavy atom. The van der Waals surface area contributed by atoms with Crippen LogP contribution in [0.5, 0.6) is 0 Å². The predicted octanol–water partition coefficient (Wildman–Crippen LogP) is 0.0595. The van der Waals surface area contributed by atoms with Crippen molar-refractivity contribution < 1.29 is 9.90 Å². The molecule has 0 bridgehead atoms. The number of rotatable bonds is 1. The average molecular weight is 155 g/mol. The zero-order valence-electron chi connectivity index (χ0n) is 6.85. The van der Waals surface area contributed by atoms with Gasteiger partial charge in [0.2, 0.25) is 0 Å². The molecule has 0 radical (unpaired) electrons. The van der Waals surface area contributed by atoms with E-state index in [1.54, 1.807) is 0 Å². The Morgan fingerprint density at radius 3 is 2.64 bits per heavy atom. The number of carbonyl (C=O) groups is 1. The third kappa shape index (κ3) is 1.16. The number of carbonyl (C=O) groups excluding carboxylic acids is 1. The fourth-order valence-electron chi connectivity index (χ4n) is 1.38. The number of aliphatic hydroxyl groups is 1. The van der Waals surface area contributed by atoms with Crippen molar-refractivity contribution in [3.8, 4) is 0 Å². The maximum Gasteiger partial charge on any atom is 0.252 e. The zero-order valence-corrected chi connectivity index (χ0v) is 6.85. The van der Waals surface area contributed by atoms with Crippen molar-refractivity contribution in [3.05, 3.63) is 12.2 Å². The van der Waals surface area contributed by atoms with E-state index in [0.29, 0.717) is 6.54 Å². The van der Waals surface area contributed by atoms with E-state index < -0.39 is 5.60 Å². The van der Waals surface area contributed by atoms with Gasteiger partial charge < -0.3 is 10.4 Å². The Balaban J connectivity index is 2.87. The second-order valence-corrected chi connectivity index (χ2v) is 3.26. The molecular weight excluding hydrogens is 142 g/mol. The van der Waals surface area contributed by atoms with Crippen LogP contribution in [0.2, 0.25) is 0 Å². The summed E-state index contributed by atoms with van der Waals surface area (Å²) in [7, 11) is 0. The van der Waals surface area contributed by atoms with Gasteiger partial charge in [-0.05, 0) is 13.8 Å². The van der Waals surface area contributed by atoms with Crippen molar-refractivity contribution in [2.24, 2.45) is 5.92 Å². The third-order valence-electron chi connectivity index (χ3n) is 2.20. The average Bonchev–Trinajstić information content (AvgIpc) is 2.08. The first kappa shape index (κ1) is 8.27. The van der Waals surface area contributed by atoms with Crippen molar-refractivity contribution in [2.45, 2.75) is 19.4 Å². The molecule has 1 aliphatic rings.